The minimum Gasteiger partial charge on any atom is -0.328 e. The van der Waals surface area contributed by atoms with E-state index in [1.807, 2.05) is 0 Å². The van der Waals surface area contributed by atoms with E-state index in [2.05, 4.69) is 0 Å². The quantitative estimate of drug-likeness (QED) is 0.892. The number of nitrogens with zero attached hydrogens (tertiary/aromatic N) is 2. The van der Waals surface area contributed by atoms with Gasteiger partial charge in [-0.05, 0) is 31.0 Å². The fraction of sp³-hybridized carbons (Fsp3) is 0.462. The molecule has 2 N–H and O–H groups in total. The lowest BCUT2D eigenvalue weighted by Gasteiger charge is -2.29. The molecule has 0 amide bonds. The van der Waals surface area contributed by atoms with Crippen LogP contribution in [0, 0.1) is 11.3 Å². The number of sulfonamides is 1. The average Bonchev–Trinajstić information content (AvgIpc) is 2.46. The number of hydrogen-bond donors (Lipinski definition) is 1. The molecule has 22 heavy (non-hydrogen) atoms. The first-order valence-corrected chi connectivity index (χ1v) is 7.97. The van der Waals surface area contributed by atoms with E-state index in [1.54, 1.807) is 0 Å². The van der Waals surface area contributed by atoms with Crippen LogP contribution in [0.4, 0.5) is 13.2 Å². The molecule has 9 heteroatoms. The molecule has 1 heterocycles. The highest BCUT2D eigenvalue weighted by Crippen LogP contribution is 2.34. The molecule has 0 radical (unpaired) electrons. The zero-order valence-electron chi connectivity index (χ0n) is 11.5. The van der Waals surface area contributed by atoms with Crippen LogP contribution in [0.15, 0.2) is 23.1 Å². The van der Waals surface area contributed by atoms with E-state index >= 15 is 0 Å². The van der Waals surface area contributed by atoms with Gasteiger partial charge in [0.2, 0.25) is 10.0 Å². The van der Waals surface area contributed by atoms with Gasteiger partial charge in [-0.25, -0.2) is 8.42 Å². The largest absolute Gasteiger partial charge is 0.417 e. The number of benzene rings is 1. The Balaban J connectivity index is 2.42. The maximum atomic E-state index is 12.9. The Morgan fingerprint density at radius 2 is 1.86 bits per heavy atom. The first-order valence-electron chi connectivity index (χ1n) is 6.53. The summed E-state index contributed by atoms with van der Waals surface area (Å²) in [5.74, 6) is 0. The van der Waals surface area contributed by atoms with Gasteiger partial charge in [0.05, 0.1) is 22.1 Å². The van der Waals surface area contributed by atoms with Crippen molar-refractivity contribution in [3.63, 3.8) is 0 Å². The summed E-state index contributed by atoms with van der Waals surface area (Å²) in [5, 5.41) is 8.73. The van der Waals surface area contributed by atoms with Gasteiger partial charge in [-0.1, -0.05) is 0 Å². The number of rotatable bonds is 2. The Morgan fingerprint density at radius 3 is 2.36 bits per heavy atom. The number of halogens is 3. The topological polar surface area (TPSA) is 87.2 Å². The SMILES string of the molecule is N#Cc1ccc(S(=O)(=O)N2CCC(N)CC2)cc1C(F)(F)F. The molecule has 0 aliphatic carbocycles. The zero-order valence-corrected chi connectivity index (χ0v) is 12.3. The summed E-state index contributed by atoms with van der Waals surface area (Å²) in [6.07, 6.45) is -3.87. The molecular formula is C13H14F3N3O2S. The third-order valence-corrected chi connectivity index (χ3v) is 5.45. The molecule has 0 bridgehead atoms. The van der Waals surface area contributed by atoms with Gasteiger partial charge in [-0.3, -0.25) is 0 Å². The second kappa shape index (κ2) is 5.87. The monoisotopic (exact) mass is 333 g/mol. The van der Waals surface area contributed by atoms with Crippen molar-refractivity contribution in [1.29, 1.82) is 5.26 Å². The maximum absolute atomic E-state index is 12.9. The van der Waals surface area contributed by atoms with Crippen molar-refractivity contribution < 1.29 is 21.6 Å². The van der Waals surface area contributed by atoms with Crippen LogP contribution < -0.4 is 5.73 Å². The Morgan fingerprint density at radius 1 is 1.27 bits per heavy atom. The number of alkyl halides is 3. The van der Waals surface area contributed by atoms with Gasteiger partial charge in [0.15, 0.2) is 0 Å². The smallest absolute Gasteiger partial charge is 0.328 e. The molecular weight excluding hydrogens is 319 g/mol. The van der Waals surface area contributed by atoms with Crippen LogP contribution in [-0.4, -0.2) is 31.9 Å². The van der Waals surface area contributed by atoms with Crippen LogP contribution >= 0.6 is 0 Å². The van der Waals surface area contributed by atoms with E-state index in [1.165, 1.54) is 6.07 Å². The highest BCUT2D eigenvalue weighted by atomic mass is 32.2. The molecule has 0 saturated carbocycles. The van der Waals surface area contributed by atoms with Crippen LogP contribution in [0.3, 0.4) is 0 Å². The molecule has 0 spiro atoms. The van der Waals surface area contributed by atoms with Gasteiger partial charge in [0, 0.05) is 19.1 Å². The van der Waals surface area contributed by atoms with Crippen molar-refractivity contribution in [3.05, 3.63) is 29.3 Å². The van der Waals surface area contributed by atoms with Gasteiger partial charge in [0.1, 0.15) is 0 Å². The second-order valence-electron chi connectivity index (χ2n) is 5.06. The standard InChI is InChI=1S/C13H14F3N3O2S/c14-13(15,16)12-7-11(2-1-9(12)8-17)22(20,21)19-5-3-10(18)4-6-19/h1-2,7,10H,3-6,18H2. The van der Waals surface area contributed by atoms with E-state index in [-0.39, 0.29) is 19.1 Å². The van der Waals surface area contributed by atoms with Gasteiger partial charge >= 0.3 is 6.18 Å². The second-order valence-corrected chi connectivity index (χ2v) is 7.00. The number of nitrogens with two attached hydrogens (primary N) is 1. The van der Waals surface area contributed by atoms with Crippen molar-refractivity contribution >= 4 is 10.0 Å². The van der Waals surface area contributed by atoms with Crippen LogP contribution in [-0.2, 0) is 16.2 Å². The maximum Gasteiger partial charge on any atom is 0.417 e. The van der Waals surface area contributed by atoms with E-state index < -0.39 is 32.2 Å². The minimum atomic E-state index is -4.79. The molecule has 1 saturated heterocycles. The Labute approximate surface area is 126 Å². The highest BCUT2D eigenvalue weighted by molar-refractivity contribution is 7.89. The summed E-state index contributed by atoms with van der Waals surface area (Å²) < 4.78 is 64.7. The third-order valence-electron chi connectivity index (χ3n) is 3.55. The molecule has 0 atom stereocenters. The van der Waals surface area contributed by atoms with Crippen LogP contribution in [0.5, 0.6) is 0 Å². The number of nitriles is 1. The summed E-state index contributed by atoms with van der Waals surface area (Å²) in [7, 11) is -4.02. The predicted molar refractivity (Wildman–Crippen MR) is 72.1 cm³/mol. The first kappa shape index (κ1) is 16.7. The normalized spacial score (nSPS) is 18.1. The zero-order chi connectivity index (χ0) is 16.5. The minimum absolute atomic E-state index is 0.0989. The first-order chi connectivity index (χ1) is 10.2. The van der Waals surface area contributed by atoms with Crippen LogP contribution in [0.1, 0.15) is 24.0 Å². The van der Waals surface area contributed by atoms with Crippen molar-refractivity contribution in [2.24, 2.45) is 5.73 Å². The summed E-state index contributed by atoms with van der Waals surface area (Å²) in [4.78, 5) is -0.464. The molecule has 2 rings (SSSR count). The fourth-order valence-corrected chi connectivity index (χ4v) is 3.78. The average molecular weight is 333 g/mol. The van der Waals surface area contributed by atoms with Gasteiger partial charge in [-0.15, -0.1) is 0 Å². The van der Waals surface area contributed by atoms with E-state index in [0.717, 1.165) is 16.4 Å². The molecule has 0 unspecified atom stereocenters. The number of piperidine rings is 1. The summed E-state index contributed by atoms with van der Waals surface area (Å²) in [6.45, 7) is 0.343. The van der Waals surface area contributed by atoms with Crippen molar-refractivity contribution in [1.82, 2.24) is 4.31 Å². The molecule has 1 aliphatic heterocycles. The molecule has 1 aromatic rings. The highest BCUT2D eigenvalue weighted by Gasteiger charge is 2.36. The summed E-state index contributed by atoms with van der Waals surface area (Å²) in [5.41, 5.74) is 3.84. The molecule has 1 aromatic carbocycles. The van der Waals surface area contributed by atoms with Gasteiger partial charge in [0.25, 0.3) is 0 Å². The molecule has 5 nitrogen and oxygen atoms in total. The lowest BCUT2D eigenvalue weighted by Crippen LogP contribution is -2.42. The van der Waals surface area contributed by atoms with Crippen molar-refractivity contribution in [3.8, 4) is 6.07 Å². The van der Waals surface area contributed by atoms with Crippen LogP contribution in [0.25, 0.3) is 0 Å². The Bertz CT molecular complexity index is 702. The third kappa shape index (κ3) is 3.24. The Kier molecular flexibility index (Phi) is 4.47. The molecule has 0 aromatic heterocycles. The van der Waals surface area contributed by atoms with E-state index in [4.69, 9.17) is 11.0 Å². The molecule has 1 aliphatic rings. The van der Waals surface area contributed by atoms with Gasteiger partial charge in [-0.2, -0.15) is 22.7 Å². The molecule has 120 valence electrons. The lowest BCUT2D eigenvalue weighted by molar-refractivity contribution is -0.137. The summed E-state index contributed by atoms with van der Waals surface area (Å²) in [6, 6.07) is 3.74. The van der Waals surface area contributed by atoms with Crippen molar-refractivity contribution in [2.45, 2.75) is 30.0 Å². The van der Waals surface area contributed by atoms with E-state index in [0.29, 0.717) is 18.9 Å². The fourth-order valence-electron chi connectivity index (χ4n) is 2.28. The lowest BCUT2D eigenvalue weighted by atomic mass is 10.1. The number of hydrogen-bond acceptors (Lipinski definition) is 4. The van der Waals surface area contributed by atoms with Crippen molar-refractivity contribution in [2.75, 3.05) is 13.1 Å². The van der Waals surface area contributed by atoms with E-state index in [9.17, 15) is 21.6 Å². The summed E-state index contributed by atoms with van der Waals surface area (Å²) >= 11 is 0. The van der Waals surface area contributed by atoms with Gasteiger partial charge < -0.3 is 5.73 Å². The Hall–Kier alpha value is -1.63. The predicted octanol–water partition coefficient (Wildman–Crippen LogP) is 1.69. The molecule has 1 fully saturated rings. The van der Waals surface area contributed by atoms with Crippen LogP contribution in [0.2, 0.25) is 0 Å².